The highest BCUT2D eigenvalue weighted by molar-refractivity contribution is 4.90. The number of likely N-dealkylation sites (tertiary alicyclic amines) is 2. The van der Waals surface area contributed by atoms with Crippen LogP contribution < -0.4 is 0 Å². The van der Waals surface area contributed by atoms with E-state index in [2.05, 4.69) is 26.8 Å². The van der Waals surface area contributed by atoms with Crippen molar-refractivity contribution in [1.29, 1.82) is 0 Å². The number of nitrogens with zero attached hydrogens (tertiary/aromatic N) is 5. The van der Waals surface area contributed by atoms with E-state index in [1.807, 2.05) is 18.5 Å². The molecule has 24 heavy (non-hydrogen) atoms. The van der Waals surface area contributed by atoms with Crippen molar-refractivity contribution < 1.29 is 5.11 Å². The molecule has 2 saturated heterocycles. The van der Waals surface area contributed by atoms with Gasteiger partial charge in [-0.25, -0.2) is 9.67 Å². The quantitative estimate of drug-likeness (QED) is 0.853. The number of aliphatic hydroxyl groups is 1. The van der Waals surface area contributed by atoms with E-state index in [-0.39, 0.29) is 6.10 Å². The van der Waals surface area contributed by atoms with Crippen LogP contribution in [0.15, 0.2) is 0 Å². The summed E-state index contributed by atoms with van der Waals surface area (Å²) in [6.07, 6.45) is 4.68. The highest BCUT2D eigenvalue weighted by Gasteiger charge is 2.28. The van der Waals surface area contributed by atoms with Gasteiger partial charge in [0.2, 0.25) is 0 Å². The van der Waals surface area contributed by atoms with Crippen LogP contribution in [-0.2, 0) is 6.54 Å². The number of aliphatic hydroxyl groups excluding tert-OH is 1. The lowest BCUT2D eigenvalue weighted by atomic mass is 9.99. The number of β-amino-alcohol motifs (C(OH)–C–C–N with tert-alkyl or cyclic N) is 1. The SMILES string of the molecule is Cc1nc(C)n(C[C@H]2CCCN2C[C@H](O)CN2CCC(C)CC2)n1. The lowest BCUT2D eigenvalue weighted by molar-refractivity contribution is 0.0552. The maximum absolute atomic E-state index is 10.6. The molecule has 1 aromatic rings. The molecule has 3 rings (SSSR count). The van der Waals surface area contributed by atoms with E-state index in [1.54, 1.807) is 0 Å². The number of hydrogen-bond donors (Lipinski definition) is 1. The number of rotatable bonds is 6. The summed E-state index contributed by atoms with van der Waals surface area (Å²) in [4.78, 5) is 9.28. The summed E-state index contributed by atoms with van der Waals surface area (Å²) in [5, 5.41) is 15.0. The Hall–Kier alpha value is -0.980. The average molecular weight is 335 g/mol. The molecule has 6 heteroatoms. The van der Waals surface area contributed by atoms with Crippen LogP contribution in [0.4, 0.5) is 0 Å². The first-order chi connectivity index (χ1) is 11.5. The minimum Gasteiger partial charge on any atom is -0.390 e. The third-order valence-electron chi connectivity index (χ3n) is 5.64. The van der Waals surface area contributed by atoms with Crippen LogP contribution in [0, 0.1) is 19.8 Å². The lowest BCUT2D eigenvalue weighted by Gasteiger charge is -2.33. The van der Waals surface area contributed by atoms with Crippen molar-refractivity contribution in [1.82, 2.24) is 24.6 Å². The fourth-order valence-electron chi connectivity index (χ4n) is 4.15. The van der Waals surface area contributed by atoms with Crippen LogP contribution in [-0.4, -0.2) is 74.5 Å². The van der Waals surface area contributed by atoms with Crippen molar-refractivity contribution in [3.63, 3.8) is 0 Å². The summed E-state index contributed by atoms with van der Waals surface area (Å²) in [5.74, 6) is 2.68. The standard InChI is InChI=1S/C18H33N5O/c1-14-6-9-21(10-7-14)12-18(24)13-22-8-4-5-17(22)11-23-16(3)19-15(2)20-23/h14,17-18,24H,4-13H2,1-3H3/t17-,18-/m1/s1. The molecule has 2 aliphatic heterocycles. The molecular weight excluding hydrogens is 302 g/mol. The Morgan fingerprint density at radius 3 is 2.54 bits per heavy atom. The molecule has 1 aromatic heterocycles. The molecular formula is C18H33N5O. The van der Waals surface area contributed by atoms with Gasteiger partial charge < -0.3 is 10.0 Å². The molecule has 0 amide bonds. The van der Waals surface area contributed by atoms with E-state index in [0.29, 0.717) is 6.04 Å². The minimum atomic E-state index is -0.252. The van der Waals surface area contributed by atoms with E-state index >= 15 is 0 Å². The van der Waals surface area contributed by atoms with E-state index in [9.17, 15) is 5.11 Å². The van der Waals surface area contributed by atoms with Crippen LogP contribution in [0.2, 0.25) is 0 Å². The van der Waals surface area contributed by atoms with Gasteiger partial charge in [-0.1, -0.05) is 6.92 Å². The van der Waals surface area contributed by atoms with Crippen molar-refractivity contribution >= 4 is 0 Å². The van der Waals surface area contributed by atoms with E-state index in [1.165, 1.54) is 25.7 Å². The zero-order valence-electron chi connectivity index (χ0n) is 15.5. The van der Waals surface area contributed by atoms with E-state index in [0.717, 1.165) is 56.8 Å². The highest BCUT2D eigenvalue weighted by atomic mass is 16.3. The second-order valence-electron chi connectivity index (χ2n) is 7.82. The van der Waals surface area contributed by atoms with Gasteiger partial charge in [0.25, 0.3) is 0 Å². The Morgan fingerprint density at radius 1 is 1.12 bits per heavy atom. The number of aromatic nitrogens is 3. The number of aryl methyl sites for hydroxylation is 2. The molecule has 0 radical (unpaired) electrons. The smallest absolute Gasteiger partial charge is 0.147 e. The zero-order chi connectivity index (χ0) is 17.1. The summed E-state index contributed by atoms with van der Waals surface area (Å²) >= 11 is 0. The van der Waals surface area contributed by atoms with Crippen molar-refractivity contribution in [3.05, 3.63) is 11.6 Å². The van der Waals surface area contributed by atoms with Crippen molar-refractivity contribution in [2.75, 3.05) is 32.7 Å². The topological polar surface area (TPSA) is 57.4 Å². The number of piperidine rings is 1. The average Bonchev–Trinajstić information content (AvgIpc) is 3.08. The maximum Gasteiger partial charge on any atom is 0.147 e. The van der Waals surface area contributed by atoms with Crippen LogP contribution in [0.3, 0.4) is 0 Å². The molecule has 2 aliphatic rings. The van der Waals surface area contributed by atoms with Crippen LogP contribution in [0.25, 0.3) is 0 Å². The molecule has 0 bridgehead atoms. The van der Waals surface area contributed by atoms with Crippen molar-refractivity contribution in [2.24, 2.45) is 5.92 Å². The monoisotopic (exact) mass is 335 g/mol. The molecule has 0 aliphatic carbocycles. The Balaban J connectivity index is 1.49. The first kappa shape index (κ1) is 17.8. The summed E-state index contributed by atoms with van der Waals surface area (Å²) in [6.45, 7) is 12.1. The molecule has 2 atom stereocenters. The van der Waals surface area contributed by atoms with Gasteiger partial charge in [0.05, 0.1) is 12.6 Å². The first-order valence-corrected chi connectivity index (χ1v) is 9.54. The third-order valence-corrected chi connectivity index (χ3v) is 5.64. The molecule has 136 valence electrons. The molecule has 2 fully saturated rings. The van der Waals surface area contributed by atoms with Crippen molar-refractivity contribution in [2.45, 2.75) is 65.1 Å². The fraction of sp³-hybridized carbons (Fsp3) is 0.889. The lowest BCUT2D eigenvalue weighted by Crippen LogP contribution is -2.45. The van der Waals surface area contributed by atoms with Gasteiger partial charge in [-0.2, -0.15) is 5.10 Å². The number of hydrogen-bond acceptors (Lipinski definition) is 5. The zero-order valence-corrected chi connectivity index (χ0v) is 15.5. The summed E-state index contributed by atoms with van der Waals surface area (Å²) in [7, 11) is 0. The first-order valence-electron chi connectivity index (χ1n) is 9.54. The highest BCUT2D eigenvalue weighted by Crippen LogP contribution is 2.20. The Bertz CT molecular complexity index is 523. The maximum atomic E-state index is 10.6. The van der Waals surface area contributed by atoms with Gasteiger partial charge in [-0.3, -0.25) is 4.90 Å². The Labute approximate surface area is 145 Å². The molecule has 3 heterocycles. The normalized spacial score (nSPS) is 25.4. The second kappa shape index (κ2) is 7.93. The Kier molecular flexibility index (Phi) is 5.89. The van der Waals surface area contributed by atoms with Gasteiger partial charge in [-0.15, -0.1) is 0 Å². The summed E-state index contributed by atoms with van der Waals surface area (Å²) in [5.41, 5.74) is 0. The molecule has 6 nitrogen and oxygen atoms in total. The second-order valence-corrected chi connectivity index (χ2v) is 7.82. The van der Waals surface area contributed by atoms with Crippen LogP contribution in [0.1, 0.15) is 44.3 Å². The van der Waals surface area contributed by atoms with Gasteiger partial charge in [0, 0.05) is 19.1 Å². The van der Waals surface area contributed by atoms with Gasteiger partial charge in [0.1, 0.15) is 11.6 Å². The molecule has 1 N–H and O–H groups in total. The predicted molar refractivity (Wildman–Crippen MR) is 94.9 cm³/mol. The molecule has 0 unspecified atom stereocenters. The van der Waals surface area contributed by atoms with Gasteiger partial charge in [-0.05, 0) is 65.1 Å². The molecule has 0 spiro atoms. The summed E-state index contributed by atoms with van der Waals surface area (Å²) in [6, 6.07) is 0.473. The largest absolute Gasteiger partial charge is 0.390 e. The van der Waals surface area contributed by atoms with Crippen molar-refractivity contribution in [3.8, 4) is 0 Å². The van der Waals surface area contributed by atoms with E-state index in [4.69, 9.17) is 0 Å². The predicted octanol–water partition coefficient (Wildman–Crippen LogP) is 1.45. The van der Waals surface area contributed by atoms with E-state index < -0.39 is 0 Å². The van der Waals surface area contributed by atoms with Gasteiger partial charge >= 0.3 is 0 Å². The fourth-order valence-corrected chi connectivity index (χ4v) is 4.15. The summed E-state index contributed by atoms with van der Waals surface area (Å²) < 4.78 is 2.02. The molecule has 0 aromatic carbocycles. The Morgan fingerprint density at radius 2 is 1.88 bits per heavy atom. The molecule has 0 saturated carbocycles. The third kappa shape index (κ3) is 4.55. The van der Waals surface area contributed by atoms with Crippen LogP contribution >= 0.6 is 0 Å². The van der Waals surface area contributed by atoms with Crippen LogP contribution in [0.5, 0.6) is 0 Å². The minimum absolute atomic E-state index is 0.252. The van der Waals surface area contributed by atoms with Gasteiger partial charge in [0.15, 0.2) is 0 Å².